The molecule has 0 saturated heterocycles. The van der Waals surface area contributed by atoms with Gasteiger partial charge in [0.15, 0.2) is 0 Å². The lowest BCUT2D eigenvalue weighted by Crippen LogP contribution is -2.20. The highest BCUT2D eigenvalue weighted by Crippen LogP contribution is 2.34. The van der Waals surface area contributed by atoms with Gasteiger partial charge in [0, 0.05) is 18.3 Å². The molecule has 0 bridgehead atoms. The smallest absolute Gasteiger partial charge is 0.131 e. The van der Waals surface area contributed by atoms with Gasteiger partial charge in [-0.25, -0.2) is 9.97 Å². The topological polar surface area (TPSA) is 35.0 Å². The first-order chi connectivity index (χ1) is 15.8. The molecule has 0 spiro atoms. The van der Waals surface area contributed by atoms with Crippen LogP contribution in [-0.4, -0.2) is 16.6 Å². The highest BCUT2D eigenvalue weighted by Gasteiger charge is 2.24. The number of aryl methyl sites for hydroxylation is 2. The average molecular weight is 437 g/mol. The fourth-order valence-electron chi connectivity index (χ4n) is 4.83. The van der Waals surface area contributed by atoms with E-state index in [1.165, 1.54) is 88.2 Å². The monoisotopic (exact) mass is 436 g/mol. The minimum atomic E-state index is 0.521. The van der Waals surface area contributed by atoms with Gasteiger partial charge in [0.1, 0.15) is 11.6 Å². The predicted octanol–water partition coefficient (Wildman–Crippen LogP) is 8.08. The van der Waals surface area contributed by atoms with Crippen LogP contribution in [0, 0.1) is 5.92 Å². The van der Waals surface area contributed by atoms with Crippen molar-refractivity contribution in [3.63, 3.8) is 0 Å². The Bertz CT molecular complexity index is 733. The van der Waals surface area contributed by atoms with Gasteiger partial charge in [-0.3, -0.25) is 0 Å². The Morgan fingerprint density at radius 2 is 1.38 bits per heavy atom. The zero-order chi connectivity index (χ0) is 22.4. The molecule has 0 radical (unpaired) electrons. The molecule has 0 atom stereocenters. The van der Waals surface area contributed by atoms with Crippen LogP contribution in [0.1, 0.15) is 114 Å². The predicted molar refractivity (Wildman–Crippen MR) is 134 cm³/mol. The van der Waals surface area contributed by atoms with Gasteiger partial charge < -0.3 is 4.74 Å². The summed E-state index contributed by atoms with van der Waals surface area (Å²) in [6.45, 7) is 5.33. The average Bonchev–Trinajstić information content (AvgIpc) is 2.84. The van der Waals surface area contributed by atoms with Gasteiger partial charge >= 0.3 is 0 Å². The standard InChI is InChI=1S/C29H44N2O/c1-3-5-6-7-8-9-10-12-26-21-30-29(31-22-26)27-17-13-25(14-18-27)23-32-28-19-15-24(11-4-2)16-20-28/h15-16,19-22,25,27H,3-14,17-18,23H2,1-2H3. The van der Waals surface area contributed by atoms with E-state index in [-0.39, 0.29) is 0 Å². The quantitative estimate of drug-likeness (QED) is 0.281. The maximum absolute atomic E-state index is 6.08. The summed E-state index contributed by atoms with van der Waals surface area (Å²) >= 11 is 0. The minimum Gasteiger partial charge on any atom is -0.493 e. The van der Waals surface area contributed by atoms with Gasteiger partial charge in [0.05, 0.1) is 6.61 Å². The van der Waals surface area contributed by atoms with Crippen LogP contribution in [0.15, 0.2) is 36.7 Å². The van der Waals surface area contributed by atoms with Crippen LogP contribution in [0.25, 0.3) is 0 Å². The molecule has 3 nitrogen and oxygen atoms in total. The number of rotatable bonds is 14. The molecule has 0 amide bonds. The Balaban J connectivity index is 1.32. The van der Waals surface area contributed by atoms with E-state index >= 15 is 0 Å². The molecule has 0 N–H and O–H groups in total. The van der Waals surface area contributed by atoms with Gasteiger partial charge in [-0.15, -0.1) is 0 Å². The van der Waals surface area contributed by atoms with Crippen molar-refractivity contribution < 1.29 is 4.74 Å². The summed E-state index contributed by atoms with van der Waals surface area (Å²) in [5.41, 5.74) is 2.70. The molecule has 176 valence electrons. The van der Waals surface area contributed by atoms with E-state index in [2.05, 4.69) is 50.5 Å². The van der Waals surface area contributed by atoms with Crippen molar-refractivity contribution in [2.24, 2.45) is 5.92 Å². The number of hydrogen-bond donors (Lipinski definition) is 0. The summed E-state index contributed by atoms with van der Waals surface area (Å²) in [6, 6.07) is 8.64. The van der Waals surface area contributed by atoms with Crippen molar-refractivity contribution in [2.75, 3.05) is 6.61 Å². The fourth-order valence-corrected chi connectivity index (χ4v) is 4.83. The number of unbranched alkanes of at least 4 members (excludes halogenated alkanes) is 6. The molecule has 1 aromatic carbocycles. The Morgan fingerprint density at radius 3 is 2.03 bits per heavy atom. The Labute approximate surface area is 196 Å². The molecule has 1 saturated carbocycles. The lowest BCUT2D eigenvalue weighted by atomic mass is 9.82. The third-order valence-electron chi connectivity index (χ3n) is 6.95. The molecule has 1 fully saturated rings. The summed E-state index contributed by atoms with van der Waals surface area (Å²) in [5, 5.41) is 0. The third kappa shape index (κ3) is 8.56. The van der Waals surface area contributed by atoms with E-state index in [1.807, 2.05) is 0 Å². The lowest BCUT2D eigenvalue weighted by molar-refractivity contribution is 0.198. The largest absolute Gasteiger partial charge is 0.493 e. The van der Waals surface area contributed by atoms with Crippen LogP contribution in [0.4, 0.5) is 0 Å². The number of benzene rings is 1. The molecule has 1 aliphatic carbocycles. The summed E-state index contributed by atoms with van der Waals surface area (Å²) in [4.78, 5) is 9.48. The third-order valence-corrected chi connectivity index (χ3v) is 6.95. The molecule has 3 rings (SSSR count). The van der Waals surface area contributed by atoms with Crippen molar-refractivity contribution >= 4 is 0 Å². The number of hydrogen-bond acceptors (Lipinski definition) is 3. The second kappa shape index (κ2) is 14.3. The fraction of sp³-hybridized carbons (Fsp3) is 0.655. The van der Waals surface area contributed by atoms with Gasteiger partial charge in [-0.1, -0.05) is 70.9 Å². The highest BCUT2D eigenvalue weighted by atomic mass is 16.5. The number of nitrogens with zero attached hydrogens (tertiary/aromatic N) is 2. The summed E-state index contributed by atoms with van der Waals surface area (Å²) in [5.74, 6) is 3.23. The molecular formula is C29H44N2O. The molecule has 1 aliphatic rings. The molecule has 32 heavy (non-hydrogen) atoms. The van der Waals surface area contributed by atoms with Gasteiger partial charge in [0.25, 0.3) is 0 Å². The van der Waals surface area contributed by atoms with Crippen LogP contribution in [0.2, 0.25) is 0 Å². The van der Waals surface area contributed by atoms with Crippen LogP contribution < -0.4 is 4.74 Å². The van der Waals surface area contributed by atoms with E-state index in [4.69, 9.17) is 14.7 Å². The Kier molecular flexibility index (Phi) is 11.0. The van der Waals surface area contributed by atoms with E-state index in [1.54, 1.807) is 0 Å². The number of ether oxygens (including phenoxy) is 1. The maximum atomic E-state index is 6.08. The molecule has 0 unspecified atom stereocenters. The summed E-state index contributed by atoms with van der Waals surface area (Å²) < 4.78 is 6.08. The Hall–Kier alpha value is -1.90. The summed E-state index contributed by atoms with van der Waals surface area (Å²) in [6.07, 6.45) is 21.9. The minimum absolute atomic E-state index is 0.521. The van der Waals surface area contributed by atoms with Crippen LogP contribution >= 0.6 is 0 Å². The van der Waals surface area contributed by atoms with Gasteiger partial charge in [-0.05, 0) is 74.1 Å². The van der Waals surface area contributed by atoms with E-state index in [9.17, 15) is 0 Å². The van der Waals surface area contributed by atoms with Crippen molar-refractivity contribution in [3.05, 3.63) is 53.6 Å². The Morgan fingerprint density at radius 1 is 0.719 bits per heavy atom. The second-order valence-electron chi connectivity index (χ2n) is 9.74. The molecular weight excluding hydrogens is 392 g/mol. The van der Waals surface area contributed by atoms with Gasteiger partial charge in [-0.2, -0.15) is 0 Å². The van der Waals surface area contributed by atoms with Crippen molar-refractivity contribution in [1.82, 2.24) is 9.97 Å². The number of aromatic nitrogens is 2. The van der Waals surface area contributed by atoms with Crippen molar-refractivity contribution in [3.8, 4) is 5.75 Å². The first-order valence-corrected chi connectivity index (χ1v) is 13.3. The summed E-state index contributed by atoms with van der Waals surface area (Å²) in [7, 11) is 0. The lowest BCUT2D eigenvalue weighted by Gasteiger charge is -2.27. The zero-order valence-electron chi connectivity index (χ0n) is 20.5. The van der Waals surface area contributed by atoms with Crippen LogP contribution in [-0.2, 0) is 12.8 Å². The second-order valence-corrected chi connectivity index (χ2v) is 9.74. The normalized spacial score (nSPS) is 18.6. The first-order valence-electron chi connectivity index (χ1n) is 13.3. The first kappa shape index (κ1) is 24.7. The molecule has 1 heterocycles. The van der Waals surface area contributed by atoms with Crippen molar-refractivity contribution in [1.29, 1.82) is 0 Å². The molecule has 0 aliphatic heterocycles. The maximum Gasteiger partial charge on any atom is 0.131 e. The molecule has 2 aromatic rings. The van der Waals surface area contributed by atoms with Crippen LogP contribution in [0.3, 0.4) is 0 Å². The SMILES string of the molecule is CCCCCCCCCc1cnc(C2CCC(COc3ccc(CCC)cc3)CC2)nc1. The van der Waals surface area contributed by atoms with Gasteiger partial charge in [0.2, 0.25) is 0 Å². The van der Waals surface area contributed by atoms with E-state index in [0.29, 0.717) is 11.8 Å². The van der Waals surface area contributed by atoms with Crippen LogP contribution in [0.5, 0.6) is 5.75 Å². The molecule has 3 heteroatoms. The molecule has 1 aromatic heterocycles. The van der Waals surface area contributed by atoms with E-state index in [0.717, 1.165) is 31.0 Å². The van der Waals surface area contributed by atoms with Crippen molar-refractivity contribution in [2.45, 2.75) is 110 Å². The highest BCUT2D eigenvalue weighted by molar-refractivity contribution is 5.27. The zero-order valence-corrected chi connectivity index (χ0v) is 20.5. The van der Waals surface area contributed by atoms with E-state index < -0.39 is 0 Å².